The molecule has 0 spiro atoms. The van der Waals surface area contributed by atoms with E-state index >= 15 is 0 Å². The van der Waals surface area contributed by atoms with Crippen molar-refractivity contribution in [1.29, 1.82) is 0 Å². The van der Waals surface area contributed by atoms with Crippen molar-refractivity contribution >= 4 is 17.4 Å². The highest BCUT2D eigenvalue weighted by Crippen LogP contribution is 2.32. The lowest BCUT2D eigenvalue weighted by atomic mass is 10.0. The summed E-state index contributed by atoms with van der Waals surface area (Å²) in [6.45, 7) is 1.57. The number of hydrogen-bond donors (Lipinski definition) is 0. The second kappa shape index (κ2) is 6.81. The summed E-state index contributed by atoms with van der Waals surface area (Å²) in [4.78, 5) is 21.0. The molecule has 0 fully saturated rings. The van der Waals surface area contributed by atoms with Gasteiger partial charge in [-0.15, -0.1) is 0 Å². The Morgan fingerprint density at radius 3 is 2.96 bits per heavy atom. The van der Waals surface area contributed by atoms with Crippen LogP contribution in [-0.4, -0.2) is 41.3 Å². The number of fused-ring (bicyclic) bond motifs is 1. The molecule has 3 rings (SSSR count). The minimum Gasteiger partial charge on any atom is -0.362 e. The minimum atomic E-state index is 0.189. The zero-order valence-electron chi connectivity index (χ0n) is 13.8. The van der Waals surface area contributed by atoms with Crippen LogP contribution in [0.1, 0.15) is 24.8 Å². The lowest BCUT2D eigenvalue weighted by Gasteiger charge is -2.31. The molecular weight excluding hydrogens is 290 g/mol. The third-order valence-corrected chi connectivity index (χ3v) is 4.17. The highest BCUT2D eigenvalue weighted by atomic mass is 16.2. The Bertz CT molecular complexity index is 666. The van der Waals surface area contributed by atoms with E-state index in [0.29, 0.717) is 6.42 Å². The summed E-state index contributed by atoms with van der Waals surface area (Å²) in [6.07, 6.45) is 8.80. The molecule has 2 aromatic rings. The average molecular weight is 313 g/mol. The minimum absolute atomic E-state index is 0.189. The first-order chi connectivity index (χ1) is 11.2. The van der Waals surface area contributed by atoms with Crippen LogP contribution in [0.2, 0.25) is 0 Å². The van der Waals surface area contributed by atoms with Crippen molar-refractivity contribution in [3.05, 3.63) is 36.3 Å². The SMILES string of the molecule is CN(C)c1nccc2c1CCCN2C(=O)CCCn1cccn1. The molecule has 0 bridgehead atoms. The van der Waals surface area contributed by atoms with Crippen LogP contribution in [0.3, 0.4) is 0 Å². The summed E-state index contributed by atoms with van der Waals surface area (Å²) in [5.74, 6) is 1.16. The summed E-state index contributed by atoms with van der Waals surface area (Å²) >= 11 is 0. The maximum Gasteiger partial charge on any atom is 0.227 e. The van der Waals surface area contributed by atoms with Crippen LogP contribution in [0.25, 0.3) is 0 Å². The first-order valence-corrected chi connectivity index (χ1v) is 8.10. The molecule has 1 amide bonds. The van der Waals surface area contributed by atoms with Gasteiger partial charge in [-0.25, -0.2) is 4.98 Å². The van der Waals surface area contributed by atoms with E-state index in [1.807, 2.05) is 46.9 Å². The summed E-state index contributed by atoms with van der Waals surface area (Å²) in [5, 5.41) is 4.17. The zero-order chi connectivity index (χ0) is 16.2. The number of aryl methyl sites for hydroxylation is 1. The zero-order valence-corrected chi connectivity index (χ0v) is 13.8. The van der Waals surface area contributed by atoms with Gasteiger partial charge in [-0.1, -0.05) is 0 Å². The van der Waals surface area contributed by atoms with Crippen LogP contribution >= 0.6 is 0 Å². The number of nitrogens with zero attached hydrogens (tertiary/aromatic N) is 5. The van der Waals surface area contributed by atoms with E-state index in [4.69, 9.17) is 0 Å². The number of carbonyl (C=O) groups is 1. The topological polar surface area (TPSA) is 54.3 Å². The second-order valence-electron chi connectivity index (χ2n) is 6.05. The monoisotopic (exact) mass is 313 g/mol. The van der Waals surface area contributed by atoms with Crippen LogP contribution in [0, 0.1) is 0 Å². The van der Waals surface area contributed by atoms with Gasteiger partial charge in [0, 0.05) is 57.8 Å². The fourth-order valence-corrected chi connectivity index (χ4v) is 3.10. The first kappa shape index (κ1) is 15.5. The molecule has 23 heavy (non-hydrogen) atoms. The molecule has 0 radical (unpaired) electrons. The van der Waals surface area contributed by atoms with Crippen molar-refractivity contribution in [3.63, 3.8) is 0 Å². The molecule has 0 unspecified atom stereocenters. The van der Waals surface area contributed by atoms with Gasteiger partial charge in [-0.2, -0.15) is 5.10 Å². The molecule has 122 valence electrons. The van der Waals surface area contributed by atoms with Crippen molar-refractivity contribution in [2.45, 2.75) is 32.2 Å². The molecule has 0 aromatic carbocycles. The van der Waals surface area contributed by atoms with Gasteiger partial charge in [0.25, 0.3) is 0 Å². The average Bonchev–Trinajstić information content (AvgIpc) is 3.06. The van der Waals surface area contributed by atoms with Crippen molar-refractivity contribution in [2.24, 2.45) is 0 Å². The van der Waals surface area contributed by atoms with Crippen molar-refractivity contribution in [1.82, 2.24) is 14.8 Å². The van der Waals surface area contributed by atoms with Gasteiger partial charge >= 0.3 is 0 Å². The number of pyridine rings is 1. The third-order valence-electron chi connectivity index (χ3n) is 4.17. The largest absolute Gasteiger partial charge is 0.362 e. The quantitative estimate of drug-likeness (QED) is 0.848. The summed E-state index contributed by atoms with van der Waals surface area (Å²) in [5.41, 5.74) is 2.21. The van der Waals surface area contributed by atoms with Gasteiger partial charge in [0.05, 0.1) is 5.69 Å². The number of hydrogen-bond acceptors (Lipinski definition) is 4. The lowest BCUT2D eigenvalue weighted by Crippen LogP contribution is -2.36. The smallest absolute Gasteiger partial charge is 0.227 e. The third kappa shape index (κ3) is 3.36. The molecule has 2 aromatic heterocycles. The molecule has 0 N–H and O–H groups in total. The fraction of sp³-hybridized carbons (Fsp3) is 0.471. The number of anilines is 2. The number of amides is 1. The van der Waals surface area contributed by atoms with Crippen molar-refractivity contribution in [3.8, 4) is 0 Å². The Morgan fingerprint density at radius 1 is 1.35 bits per heavy atom. The molecule has 0 atom stereocenters. The Kier molecular flexibility index (Phi) is 4.60. The summed E-state index contributed by atoms with van der Waals surface area (Å²) in [7, 11) is 3.99. The number of carbonyl (C=O) groups excluding carboxylic acids is 1. The van der Waals surface area contributed by atoms with Crippen LogP contribution in [-0.2, 0) is 17.8 Å². The lowest BCUT2D eigenvalue weighted by molar-refractivity contribution is -0.118. The van der Waals surface area contributed by atoms with Gasteiger partial charge in [-0.3, -0.25) is 9.48 Å². The van der Waals surface area contributed by atoms with Gasteiger partial charge in [0.2, 0.25) is 5.91 Å². The maximum absolute atomic E-state index is 12.6. The van der Waals surface area contributed by atoms with Crippen LogP contribution in [0.5, 0.6) is 0 Å². The highest BCUT2D eigenvalue weighted by Gasteiger charge is 2.25. The molecule has 6 nitrogen and oxygen atoms in total. The molecule has 6 heteroatoms. The van der Waals surface area contributed by atoms with E-state index < -0.39 is 0 Å². The Morgan fingerprint density at radius 2 is 2.22 bits per heavy atom. The van der Waals surface area contributed by atoms with E-state index in [2.05, 4.69) is 10.1 Å². The van der Waals surface area contributed by atoms with E-state index in [1.54, 1.807) is 12.4 Å². The van der Waals surface area contributed by atoms with Gasteiger partial charge in [0.15, 0.2) is 0 Å². The van der Waals surface area contributed by atoms with Gasteiger partial charge in [0.1, 0.15) is 5.82 Å². The van der Waals surface area contributed by atoms with E-state index in [9.17, 15) is 4.79 Å². The Hall–Kier alpha value is -2.37. The predicted molar refractivity (Wildman–Crippen MR) is 90.7 cm³/mol. The van der Waals surface area contributed by atoms with Crippen LogP contribution in [0.15, 0.2) is 30.7 Å². The molecule has 3 heterocycles. The van der Waals surface area contributed by atoms with E-state index in [0.717, 1.165) is 43.9 Å². The molecule has 1 aliphatic heterocycles. The normalized spacial score (nSPS) is 13.7. The number of rotatable bonds is 5. The van der Waals surface area contributed by atoms with Crippen LogP contribution in [0.4, 0.5) is 11.5 Å². The Balaban J connectivity index is 1.69. The first-order valence-electron chi connectivity index (χ1n) is 8.10. The summed E-state index contributed by atoms with van der Waals surface area (Å²) in [6, 6.07) is 3.87. The van der Waals surface area contributed by atoms with Gasteiger partial charge < -0.3 is 9.80 Å². The van der Waals surface area contributed by atoms with E-state index in [1.165, 1.54) is 5.56 Å². The van der Waals surface area contributed by atoms with Crippen molar-refractivity contribution < 1.29 is 4.79 Å². The molecule has 0 aliphatic carbocycles. The molecule has 0 saturated carbocycles. The summed E-state index contributed by atoms with van der Waals surface area (Å²) < 4.78 is 1.87. The maximum atomic E-state index is 12.6. The molecular formula is C17H23N5O. The van der Waals surface area contributed by atoms with Gasteiger partial charge in [-0.05, 0) is 31.4 Å². The molecule has 0 saturated heterocycles. The van der Waals surface area contributed by atoms with Crippen molar-refractivity contribution in [2.75, 3.05) is 30.4 Å². The van der Waals surface area contributed by atoms with Crippen LogP contribution < -0.4 is 9.80 Å². The molecule has 1 aliphatic rings. The predicted octanol–water partition coefficient (Wildman–Crippen LogP) is 2.10. The second-order valence-corrected chi connectivity index (χ2v) is 6.05. The fourth-order valence-electron chi connectivity index (χ4n) is 3.10. The van der Waals surface area contributed by atoms with E-state index in [-0.39, 0.29) is 5.91 Å². The highest BCUT2D eigenvalue weighted by molar-refractivity contribution is 5.95. The number of aromatic nitrogens is 3. The standard InChI is InChI=1S/C17H23N5O/c1-20(2)17-14-6-3-13-22(15(14)8-10-18-17)16(23)7-4-11-21-12-5-9-19-21/h5,8-10,12H,3-4,6-7,11,13H2,1-2H3. The Labute approximate surface area is 136 Å².